The van der Waals surface area contributed by atoms with E-state index < -0.39 is 10.0 Å². The fraction of sp³-hybridized carbons (Fsp3) is 0.667. The van der Waals surface area contributed by atoms with E-state index in [9.17, 15) is 18.0 Å². The van der Waals surface area contributed by atoms with Gasteiger partial charge in [0, 0.05) is 56.3 Å². The van der Waals surface area contributed by atoms with Crippen LogP contribution < -0.4 is 5.56 Å². The first-order valence-electron chi connectivity index (χ1n) is 9.26. The highest BCUT2D eigenvalue weighted by Crippen LogP contribution is 2.36. The molecule has 1 aromatic heterocycles. The molecule has 8 heteroatoms. The second-order valence-corrected chi connectivity index (χ2v) is 9.86. The molecule has 0 N–H and O–H groups in total. The van der Waals surface area contributed by atoms with Crippen LogP contribution in [0.3, 0.4) is 0 Å². The molecule has 0 spiro atoms. The number of fused-ring (bicyclic) bond motifs is 4. The lowest BCUT2D eigenvalue weighted by molar-refractivity contribution is -0.139. The topological polar surface area (TPSA) is 79.7 Å². The maximum absolute atomic E-state index is 13.0. The molecule has 2 atom stereocenters. The lowest BCUT2D eigenvalue weighted by Crippen LogP contribution is -2.52. The average Bonchev–Trinajstić information content (AvgIpc) is 2.61. The quantitative estimate of drug-likeness (QED) is 0.748. The first-order chi connectivity index (χ1) is 12.3. The highest BCUT2D eigenvalue weighted by Gasteiger charge is 2.39. The monoisotopic (exact) mass is 379 g/mol. The number of carbonyl (C=O) groups is 1. The van der Waals surface area contributed by atoms with Gasteiger partial charge in [-0.1, -0.05) is 6.07 Å². The van der Waals surface area contributed by atoms with Gasteiger partial charge in [0.05, 0.1) is 6.26 Å². The molecular weight excluding hydrogens is 354 g/mol. The Morgan fingerprint density at radius 1 is 1.12 bits per heavy atom. The highest BCUT2D eigenvalue weighted by molar-refractivity contribution is 7.88. The Bertz CT molecular complexity index is 871. The van der Waals surface area contributed by atoms with Crippen molar-refractivity contribution in [2.24, 2.45) is 11.8 Å². The standard InChI is InChI=1S/C18H25N3O4S/c1-26(24,25)20-7-5-14(6-8-20)18(23)19-10-13-9-15(12-19)16-3-2-4-17(22)21(16)11-13/h2-4,13-15H,5-12H2,1H3. The minimum atomic E-state index is -3.17. The number of likely N-dealkylation sites (tertiary alicyclic amines) is 1. The number of amides is 1. The molecule has 2 bridgehead atoms. The van der Waals surface area contributed by atoms with Crippen LogP contribution >= 0.6 is 0 Å². The molecule has 0 aromatic carbocycles. The molecule has 4 rings (SSSR count). The van der Waals surface area contributed by atoms with E-state index in [2.05, 4.69) is 0 Å². The third kappa shape index (κ3) is 3.20. The summed E-state index contributed by atoms with van der Waals surface area (Å²) in [7, 11) is -3.17. The summed E-state index contributed by atoms with van der Waals surface area (Å²) >= 11 is 0. The van der Waals surface area contributed by atoms with Crippen molar-refractivity contribution < 1.29 is 13.2 Å². The van der Waals surface area contributed by atoms with Crippen molar-refractivity contribution in [3.05, 3.63) is 34.2 Å². The lowest BCUT2D eigenvalue weighted by atomic mass is 9.82. The molecule has 0 saturated carbocycles. The van der Waals surface area contributed by atoms with Gasteiger partial charge in [0.2, 0.25) is 15.9 Å². The van der Waals surface area contributed by atoms with Gasteiger partial charge in [-0.25, -0.2) is 12.7 Å². The number of hydrogen-bond donors (Lipinski definition) is 0. The lowest BCUT2D eigenvalue weighted by Gasteiger charge is -2.44. The zero-order valence-corrected chi connectivity index (χ0v) is 15.8. The van der Waals surface area contributed by atoms with Crippen LogP contribution in [-0.2, 0) is 21.4 Å². The summed E-state index contributed by atoms with van der Waals surface area (Å²) in [6.45, 7) is 2.89. The van der Waals surface area contributed by atoms with Gasteiger partial charge in [0.25, 0.3) is 5.56 Å². The molecule has 0 aliphatic carbocycles. The minimum absolute atomic E-state index is 0.0464. The summed E-state index contributed by atoms with van der Waals surface area (Å²) in [5.41, 5.74) is 1.09. The molecule has 2 fully saturated rings. The Balaban J connectivity index is 1.46. The molecule has 3 aliphatic heterocycles. The van der Waals surface area contributed by atoms with Crippen LogP contribution in [0.4, 0.5) is 0 Å². The number of nitrogens with zero attached hydrogens (tertiary/aromatic N) is 3. The van der Waals surface area contributed by atoms with Gasteiger partial charge in [-0.05, 0) is 31.2 Å². The molecule has 142 valence electrons. The molecule has 2 saturated heterocycles. The van der Waals surface area contributed by atoms with Gasteiger partial charge in [-0.2, -0.15) is 0 Å². The number of hydrogen-bond acceptors (Lipinski definition) is 4. The molecule has 1 amide bonds. The summed E-state index contributed by atoms with van der Waals surface area (Å²) in [6, 6.07) is 5.40. The van der Waals surface area contributed by atoms with Crippen molar-refractivity contribution in [1.82, 2.24) is 13.8 Å². The zero-order chi connectivity index (χ0) is 18.5. The van der Waals surface area contributed by atoms with Gasteiger partial charge < -0.3 is 9.47 Å². The smallest absolute Gasteiger partial charge is 0.250 e. The van der Waals surface area contributed by atoms with Crippen LogP contribution in [0, 0.1) is 11.8 Å². The fourth-order valence-electron chi connectivity index (χ4n) is 4.77. The largest absolute Gasteiger partial charge is 0.341 e. The van der Waals surface area contributed by atoms with Gasteiger partial charge in [0.1, 0.15) is 0 Å². The van der Waals surface area contributed by atoms with Crippen molar-refractivity contribution in [1.29, 1.82) is 0 Å². The number of aromatic nitrogens is 1. The zero-order valence-electron chi connectivity index (χ0n) is 15.0. The van der Waals surface area contributed by atoms with Crippen LogP contribution in [0.5, 0.6) is 0 Å². The van der Waals surface area contributed by atoms with Gasteiger partial charge >= 0.3 is 0 Å². The predicted octanol–water partition coefficient (Wildman–Crippen LogP) is 0.466. The Morgan fingerprint density at radius 2 is 1.85 bits per heavy atom. The molecular formula is C18H25N3O4S. The van der Waals surface area contributed by atoms with E-state index in [1.807, 2.05) is 15.5 Å². The van der Waals surface area contributed by atoms with E-state index in [0.29, 0.717) is 51.5 Å². The van der Waals surface area contributed by atoms with Gasteiger partial charge in [0.15, 0.2) is 0 Å². The van der Waals surface area contributed by atoms with E-state index >= 15 is 0 Å². The number of rotatable bonds is 2. The van der Waals surface area contributed by atoms with Gasteiger partial charge in [-0.15, -0.1) is 0 Å². The highest BCUT2D eigenvalue weighted by atomic mass is 32.2. The maximum Gasteiger partial charge on any atom is 0.250 e. The Labute approximate surface area is 153 Å². The van der Waals surface area contributed by atoms with E-state index in [0.717, 1.165) is 12.1 Å². The summed E-state index contributed by atoms with van der Waals surface area (Å²) in [6.07, 6.45) is 3.43. The molecule has 1 aromatic rings. The van der Waals surface area contributed by atoms with Crippen LogP contribution in [0.15, 0.2) is 23.0 Å². The first kappa shape index (κ1) is 17.7. The van der Waals surface area contributed by atoms with Crippen molar-refractivity contribution in [2.45, 2.75) is 31.7 Å². The SMILES string of the molecule is CS(=O)(=O)N1CCC(C(=O)N2CC3CC(C2)c2cccc(=O)n2C3)CC1. The molecule has 0 radical (unpaired) electrons. The first-order valence-corrected chi connectivity index (χ1v) is 11.1. The number of sulfonamides is 1. The fourth-order valence-corrected chi connectivity index (χ4v) is 5.64. The Morgan fingerprint density at radius 3 is 2.54 bits per heavy atom. The molecule has 2 unspecified atom stereocenters. The van der Waals surface area contributed by atoms with E-state index in [4.69, 9.17) is 0 Å². The molecule has 26 heavy (non-hydrogen) atoms. The average molecular weight is 379 g/mol. The van der Waals surface area contributed by atoms with Crippen molar-refractivity contribution in [3.63, 3.8) is 0 Å². The minimum Gasteiger partial charge on any atom is -0.341 e. The Hall–Kier alpha value is -1.67. The predicted molar refractivity (Wildman–Crippen MR) is 97.3 cm³/mol. The van der Waals surface area contributed by atoms with Crippen molar-refractivity contribution in [2.75, 3.05) is 32.4 Å². The molecule has 3 aliphatic rings. The third-order valence-corrected chi connectivity index (χ3v) is 7.37. The van der Waals surface area contributed by atoms with E-state index in [-0.39, 0.29) is 23.3 Å². The second kappa shape index (κ2) is 6.49. The molecule has 7 nitrogen and oxygen atoms in total. The van der Waals surface area contributed by atoms with Crippen molar-refractivity contribution >= 4 is 15.9 Å². The Kier molecular flexibility index (Phi) is 4.43. The van der Waals surface area contributed by atoms with Crippen LogP contribution in [0.25, 0.3) is 0 Å². The summed E-state index contributed by atoms with van der Waals surface area (Å²) in [5.74, 6) is 0.599. The second-order valence-electron chi connectivity index (χ2n) is 7.88. The third-order valence-electron chi connectivity index (χ3n) is 6.06. The normalized spacial score (nSPS) is 27.2. The number of pyridine rings is 1. The summed E-state index contributed by atoms with van der Waals surface area (Å²) in [5, 5.41) is 0. The van der Waals surface area contributed by atoms with Crippen LogP contribution in [0.2, 0.25) is 0 Å². The summed E-state index contributed by atoms with van der Waals surface area (Å²) in [4.78, 5) is 27.1. The maximum atomic E-state index is 13.0. The van der Waals surface area contributed by atoms with E-state index in [1.54, 1.807) is 12.1 Å². The van der Waals surface area contributed by atoms with Crippen LogP contribution in [0.1, 0.15) is 30.9 Å². The number of piperidine rings is 2. The number of carbonyl (C=O) groups excluding carboxylic acids is 1. The van der Waals surface area contributed by atoms with Crippen LogP contribution in [-0.4, -0.2) is 60.5 Å². The summed E-state index contributed by atoms with van der Waals surface area (Å²) < 4.78 is 26.6. The van der Waals surface area contributed by atoms with Crippen molar-refractivity contribution in [3.8, 4) is 0 Å². The molecule has 4 heterocycles. The van der Waals surface area contributed by atoms with Gasteiger partial charge in [-0.3, -0.25) is 9.59 Å². The van der Waals surface area contributed by atoms with E-state index in [1.165, 1.54) is 10.6 Å².